The lowest BCUT2D eigenvalue weighted by atomic mass is 10.3. The number of hydrogen-bond donors (Lipinski definition) is 1. The number of rotatable bonds is 8. The van der Waals surface area contributed by atoms with E-state index in [4.69, 9.17) is 9.73 Å². The zero-order chi connectivity index (χ0) is 17.0. The van der Waals surface area contributed by atoms with E-state index in [0.717, 1.165) is 57.5 Å². The van der Waals surface area contributed by atoms with Crippen LogP contribution < -0.4 is 10.2 Å². The molecule has 0 aromatic carbocycles. The summed E-state index contributed by atoms with van der Waals surface area (Å²) in [6.45, 7) is 11.3. The average Bonchev–Trinajstić information content (AvgIpc) is 2.64. The van der Waals surface area contributed by atoms with Gasteiger partial charge in [0.1, 0.15) is 5.82 Å². The van der Waals surface area contributed by atoms with Crippen molar-refractivity contribution >= 4 is 11.8 Å². The summed E-state index contributed by atoms with van der Waals surface area (Å²) in [5.74, 6) is 2.06. The minimum Gasteiger partial charge on any atom is -0.380 e. The van der Waals surface area contributed by atoms with Gasteiger partial charge in [-0.25, -0.2) is 4.98 Å². The molecule has 0 unspecified atom stereocenters. The number of aliphatic imine (C=N–C) groups is 1. The molecular formula is C18H31N5O. The zero-order valence-corrected chi connectivity index (χ0v) is 15.1. The minimum absolute atomic E-state index is 0.697. The molecule has 1 aliphatic heterocycles. The van der Waals surface area contributed by atoms with Crippen molar-refractivity contribution in [2.45, 2.75) is 26.7 Å². The van der Waals surface area contributed by atoms with Crippen molar-refractivity contribution in [1.29, 1.82) is 0 Å². The molecule has 2 heterocycles. The van der Waals surface area contributed by atoms with Crippen LogP contribution in [0.3, 0.4) is 0 Å². The summed E-state index contributed by atoms with van der Waals surface area (Å²) < 4.78 is 5.59. The fourth-order valence-corrected chi connectivity index (χ4v) is 2.68. The number of aromatic nitrogens is 1. The van der Waals surface area contributed by atoms with Gasteiger partial charge in [0, 0.05) is 45.5 Å². The molecule has 1 fully saturated rings. The van der Waals surface area contributed by atoms with E-state index in [1.165, 1.54) is 6.42 Å². The van der Waals surface area contributed by atoms with Crippen LogP contribution in [0.2, 0.25) is 0 Å². The van der Waals surface area contributed by atoms with E-state index in [1.807, 2.05) is 18.3 Å². The highest BCUT2D eigenvalue weighted by molar-refractivity contribution is 5.80. The molecule has 0 atom stereocenters. The normalized spacial score (nSPS) is 15.7. The second-order valence-electron chi connectivity index (χ2n) is 5.86. The Kier molecular flexibility index (Phi) is 8.38. The Morgan fingerprint density at radius 1 is 1.21 bits per heavy atom. The largest absolute Gasteiger partial charge is 0.380 e. The number of nitrogens with zero attached hydrogens (tertiary/aromatic N) is 4. The molecule has 0 spiro atoms. The maximum absolute atomic E-state index is 5.59. The van der Waals surface area contributed by atoms with Gasteiger partial charge in [-0.2, -0.15) is 0 Å². The van der Waals surface area contributed by atoms with Crippen molar-refractivity contribution < 1.29 is 4.74 Å². The third-order valence-electron chi connectivity index (χ3n) is 4.03. The summed E-state index contributed by atoms with van der Waals surface area (Å²) in [7, 11) is 0. The summed E-state index contributed by atoms with van der Waals surface area (Å²) in [6.07, 6.45) is 4.15. The lowest BCUT2D eigenvalue weighted by Crippen LogP contribution is -2.52. The Hall–Kier alpha value is -1.82. The topological polar surface area (TPSA) is 53.0 Å². The Labute approximate surface area is 145 Å². The SMILES string of the molecule is CCCCOCCN=C(NCC)N1CCN(c2ccccn2)CC1. The van der Waals surface area contributed by atoms with Crippen LogP contribution in [-0.2, 0) is 4.74 Å². The number of anilines is 1. The highest BCUT2D eigenvalue weighted by Gasteiger charge is 2.20. The lowest BCUT2D eigenvalue weighted by Gasteiger charge is -2.37. The van der Waals surface area contributed by atoms with E-state index in [-0.39, 0.29) is 0 Å². The van der Waals surface area contributed by atoms with Crippen molar-refractivity contribution in [3.05, 3.63) is 24.4 Å². The molecule has 0 radical (unpaired) electrons. The van der Waals surface area contributed by atoms with Crippen LogP contribution in [0.15, 0.2) is 29.4 Å². The van der Waals surface area contributed by atoms with Gasteiger partial charge in [-0.15, -0.1) is 0 Å². The van der Waals surface area contributed by atoms with E-state index in [9.17, 15) is 0 Å². The van der Waals surface area contributed by atoms with E-state index < -0.39 is 0 Å². The average molecular weight is 333 g/mol. The van der Waals surface area contributed by atoms with Crippen LogP contribution in [-0.4, -0.2) is 68.3 Å². The summed E-state index contributed by atoms with van der Waals surface area (Å²) in [4.78, 5) is 13.8. The van der Waals surface area contributed by atoms with Crippen LogP contribution in [0.5, 0.6) is 0 Å². The van der Waals surface area contributed by atoms with Gasteiger partial charge >= 0.3 is 0 Å². The number of nitrogens with one attached hydrogen (secondary N) is 1. The molecule has 0 saturated carbocycles. The molecule has 24 heavy (non-hydrogen) atoms. The van der Waals surface area contributed by atoms with E-state index in [2.05, 4.69) is 40.0 Å². The molecule has 6 heteroatoms. The predicted octanol–water partition coefficient (Wildman–Crippen LogP) is 1.99. The fourth-order valence-electron chi connectivity index (χ4n) is 2.68. The molecule has 1 N–H and O–H groups in total. The maximum Gasteiger partial charge on any atom is 0.194 e. The molecule has 1 saturated heterocycles. The molecule has 1 aromatic heterocycles. The lowest BCUT2D eigenvalue weighted by molar-refractivity contribution is 0.138. The second-order valence-corrected chi connectivity index (χ2v) is 5.86. The van der Waals surface area contributed by atoms with Crippen LogP contribution in [0.1, 0.15) is 26.7 Å². The number of guanidine groups is 1. The van der Waals surface area contributed by atoms with Gasteiger partial charge in [-0.3, -0.25) is 4.99 Å². The fraction of sp³-hybridized carbons (Fsp3) is 0.667. The smallest absolute Gasteiger partial charge is 0.194 e. The maximum atomic E-state index is 5.59. The highest BCUT2D eigenvalue weighted by Crippen LogP contribution is 2.12. The van der Waals surface area contributed by atoms with Crippen molar-refractivity contribution in [2.75, 3.05) is 57.4 Å². The molecule has 2 rings (SSSR count). The first-order chi connectivity index (χ1) is 11.8. The third-order valence-corrected chi connectivity index (χ3v) is 4.03. The van der Waals surface area contributed by atoms with Crippen molar-refractivity contribution in [3.8, 4) is 0 Å². The number of pyridine rings is 1. The van der Waals surface area contributed by atoms with Gasteiger partial charge in [0.2, 0.25) is 0 Å². The number of hydrogen-bond acceptors (Lipinski definition) is 4. The van der Waals surface area contributed by atoms with Gasteiger partial charge in [0.05, 0.1) is 13.2 Å². The van der Waals surface area contributed by atoms with E-state index in [0.29, 0.717) is 13.2 Å². The standard InChI is InChI=1S/C18H31N5O/c1-3-5-15-24-16-10-21-18(19-4-2)23-13-11-22(12-14-23)17-8-6-7-9-20-17/h6-9H,3-5,10-16H2,1-2H3,(H,19,21). The molecule has 6 nitrogen and oxygen atoms in total. The molecule has 134 valence electrons. The molecular weight excluding hydrogens is 302 g/mol. The summed E-state index contributed by atoms with van der Waals surface area (Å²) in [6, 6.07) is 6.07. The molecule has 1 aliphatic rings. The first-order valence-corrected chi connectivity index (χ1v) is 9.12. The molecule has 0 amide bonds. The van der Waals surface area contributed by atoms with Gasteiger partial charge in [0.25, 0.3) is 0 Å². The zero-order valence-electron chi connectivity index (χ0n) is 15.1. The van der Waals surface area contributed by atoms with Crippen LogP contribution in [0.25, 0.3) is 0 Å². The van der Waals surface area contributed by atoms with Gasteiger partial charge in [-0.05, 0) is 25.5 Å². The van der Waals surface area contributed by atoms with Crippen molar-refractivity contribution in [2.24, 2.45) is 4.99 Å². The van der Waals surface area contributed by atoms with Crippen molar-refractivity contribution in [1.82, 2.24) is 15.2 Å². The van der Waals surface area contributed by atoms with Crippen LogP contribution in [0.4, 0.5) is 5.82 Å². The van der Waals surface area contributed by atoms with Gasteiger partial charge in [0.15, 0.2) is 5.96 Å². The number of unbranched alkanes of at least 4 members (excludes halogenated alkanes) is 1. The molecule has 0 bridgehead atoms. The Balaban J connectivity index is 1.79. The van der Waals surface area contributed by atoms with E-state index in [1.54, 1.807) is 0 Å². The number of piperazine rings is 1. The minimum atomic E-state index is 0.697. The summed E-state index contributed by atoms with van der Waals surface area (Å²) in [5, 5.41) is 3.40. The Morgan fingerprint density at radius 2 is 2.04 bits per heavy atom. The van der Waals surface area contributed by atoms with E-state index >= 15 is 0 Å². The van der Waals surface area contributed by atoms with Crippen LogP contribution >= 0.6 is 0 Å². The van der Waals surface area contributed by atoms with Gasteiger partial charge in [-0.1, -0.05) is 19.4 Å². The first kappa shape index (κ1) is 18.5. The number of ether oxygens (including phenoxy) is 1. The second kappa shape index (κ2) is 10.9. The Bertz CT molecular complexity index is 472. The Morgan fingerprint density at radius 3 is 2.71 bits per heavy atom. The molecule has 1 aromatic rings. The van der Waals surface area contributed by atoms with Crippen molar-refractivity contribution in [3.63, 3.8) is 0 Å². The highest BCUT2D eigenvalue weighted by atomic mass is 16.5. The summed E-state index contributed by atoms with van der Waals surface area (Å²) in [5.41, 5.74) is 0. The van der Waals surface area contributed by atoms with Gasteiger partial charge < -0.3 is 19.9 Å². The summed E-state index contributed by atoms with van der Waals surface area (Å²) >= 11 is 0. The third kappa shape index (κ3) is 6.00. The first-order valence-electron chi connectivity index (χ1n) is 9.12. The predicted molar refractivity (Wildman–Crippen MR) is 99.7 cm³/mol. The van der Waals surface area contributed by atoms with Crippen LogP contribution in [0, 0.1) is 0 Å². The molecule has 0 aliphatic carbocycles. The monoisotopic (exact) mass is 333 g/mol. The quantitative estimate of drug-likeness (QED) is 0.448.